The van der Waals surface area contributed by atoms with Crippen molar-refractivity contribution in [3.8, 4) is 0 Å². The molecule has 0 saturated carbocycles. The Morgan fingerprint density at radius 2 is 2.00 bits per heavy atom. The topological polar surface area (TPSA) is 44.2 Å². The van der Waals surface area contributed by atoms with Crippen LogP contribution in [0.4, 0.5) is 13.2 Å². The van der Waals surface area contributed by atoms with Crippen molar-refractivity contribution in [2.45, 2.75) is 18.5 Å². The van der Waals surface area contributed by atoms with Gasteiger partial charge in [-0.05, 0) is 0 Å². The fourth-order valence-electron chi connectivity index (χ4n) is 1.31. The number of methoxy groups -OCH3 is 1. The molecule has 0 aliphatic rings. The zero-order valence-corrected chi connectivity index (χ0v) is 11.1. The van der Waals surface area contributed by atoms with Gasteiger partial charge in [-0.1, -0.05) is 0 Å². The molecule has 0 bridgehead atoms. The predicted octanol–water partition coefficient (Wildman–Crippen LogP) is 2.44. The Hall–Kier alpha value is -0.920. The Bertz CT molecular complexity index is 402. The van der Waals surface area contributed by atoms with Crippen molar-refractivity contribution in [2.75, 3.05) is 26.9 Å². The highest BCUT2D eigenvalue weighted by atomic mass is 35.5. The molecule has 0 aliphatic heterocycles. The molecule has 8 heteroatoms. The number of nitrogens with zero attached hydrogens (tertiary/aromatic N) is 2. The summed E-state index contributed by atoms with van der Waals surface area (Å²) in [5, 5.41) is 0. The summed E-state index contributed by atoms with van der Waals surface area (Å²) in [5.41, 5.74) is -1.11. The average Bonchev–Trinajstić information content (AvgIpc) is 2.37. The van der Waals surface area contributed by atoms with Gasteiger partial charge in [0, 0.05) is 25.3 Å². The summed E-state index contributed by atoms with van der Waals surface area (Å²) in [6, 6.07) is 0. The summed E-state index contributed by atoms with van der Waals surface area (Å²) in [6.45, 7) is 1.04. The van der Waals surface area contributed by atoms with Crippen LogP contribution in [0.5, 0.6) is 0 Å². The third kappa shape index (κ3) is 5.30. The van der Waals surface area contributed by atoms with Crippen LogP contribution in [0.2, 0.25) is 0 Å². The highest BCUT2D eigenvalue weighted by Crippen LogP contribution is 2.30. The third-order valence-electron chi connectivity index (χ3n) is 2.23. The van der Waals surface area contributed by atoms with Crippen molar-refractivity contribution < 1.29 is 22.6 Å². The minimum Gasteiger partial charge on any atom is -0.382 e. The Morgan fingerprint density at radius 1 is 1.26 bits per heavy atom. The van der Waals surface area contributed by atoms with E-state index in [0.717, 1.165) is 6.20 Å². The van der Waals surface area contributed by atoms with Crippen molar-refractivity contribution in [2.24, 2.45) is 0 Å². The number of aromatic nitrogens is 2. The van der Waals surface area contributed by atoms with Crippen LogP contribution in [0.15, 0.2) is 6.20 Å². The number of halogens is 4. The van der Waals surface area contributed by atoms with Crippen LogP contribution in [0.1, 0.15) is 17.1 Å². The van der Waals surface area contributed by atoms with Gasteiger partial charge in [0.05, 0.1) is 25.7 Å². The van der Waals surface area contributed by atoms with Crippen LogP contribution in [-0.2, 0) is 28.0 Å². The zero-order chi connectivity index (χ0) is 14.3. The van der Waals surface area contributed by atoms with Crippen molar-refractivity contribution >= 4 is 11.6 Å². The van der Waals surface area contributed by atoms with Crippen LogP contribution in [0.25, 0.3) is 0 Å². The first-order chi connectivity index (χ1) is 8.99. The van der Waals surface area contributed by atoms with E-state index in [1.807, 2.05) is 0 Å². The van der Waals surface area contributed by atoms with E-state index in [9.17, 15) is 13.2 Å². The molecule has 0 aromatic carbocycles. The molecular formula is C11H14ClF3N2O2. The minimum atomic E-state index is -4.53. The van der Waals surface area contributed by atoms with Crippen molar-refractivity contribution in [1.82, 2.24) is 9.97 Å². The quantitative estimate of drug-likeness (QED) is 0.573. The standard InChI is InChI=1S/C11H14ClF3N2O2/c1-18-4-5-19-3-2-9-16-7-8(6-12)10(17-9)11(13,14)15/h7H,2-6H2,1H3. The van der Waals surface area contributed by atoms with E-state index in [2.05, 4.69) is 9.97 Å². The molecule has 4 nitrogen and oxygen atoms in total. The monoisotopic (exact) mass is 298 g/mol. The van der Waals surface area contributed by atoms with Crippen molar-refractivity contribution in [3.05, 3.63) is 23.3 Å². The van der Waals surface area contributed by atoms with Gasteiger partial charge in [-0.15, -0.1) is 11.6 Å². The van der Waals surface area contributed by atoms with E-state index < -0.39 is 11.9 Å². The average molecular weight is 299 g/mol. The lowest BCUT2D eigenvalue weighted by molar-refractivity contribution is -0.141. The Kier molecular flexibility index (Phi) is 6.47. The maximum absolute atomic E-state index is 12.7. The molecule has 0 atom stereocenters. The van der Waals surface area contributed by atoms with E-state index in [0.29, 0.717) is 13.2 Å². The molecule has 1 heterocycles. The molecule has 0 radical (unpaired) electrons. The van der Waals surface area contributed by atoms with Gasteiger partial charge >= 0.3 is 6.18 Å². The molecule has 0 aliphatic carbocycles. The Labute approximate surface area is 113 Å². The normalized spacial score (nSPS) is 11.8. The van der Waals surface area contributed by atoms with Gasteiger partial charge in [0.25, 0.3) is 0 Å². The molecule has 0 N–H and O–H groups in total. The Balaban J connectivity index is 2.65. The highest BCUT2D eigenvalue weighted by molar-refractivity contribution is 6.17. The number of hydrogen-bond donors (Lipinski definition) is 0. The van der Waals surface area contributed by atoms with E-state index in [1.165, 1.54) is 7.11 Å². The SMILES string of the molecule is COCCOCCc1ncc(CCl)c(C(F)(F)F)n1. The van der Waals surface area contributed by atoms with Crippen molar-refractivity contribution in [3.63, 3.8) is 0 Å². The van der Waals surface area contributed by atoms with E-state index in [4.69, 9.17) is 21.1 Å². The summed E-state index contributed by atoms with van der Waals surface area (Å²) in [7, 11) is 1.53. The fourth-order valence-corrected chi connectivity index (χ4v) is 1.51. The first-order valence-electron chi connectivity index (χ1n) is 5.53. The summed E-state index contributed by atoms with van der Waals surface area (Å²) in [4.78, 5) is 7.34. The van der Waals surface area contributed by atoms with Crippen molar-refractivity contribution in [1.29, 1.82) is 0 Å². The summed E-state index contributed by atoms with van der Waals surface area (Å²) < 4.78 is 48.0. The van der Waals surface area contributed by atoms with E-state index >= 15 is 0 Å². The second kappa shape index (κ2) is 7.62. The smallest absolute Gasteiger partial charge is 0.382 e. The number of hydrogen-bond acceptors (Lipinski definition) is 4. The number of rotatable bonds is 7. The molecule has 1 aromatic heterocycles. The first kappa shape index (κ1) is 16.1. The lowest BCUT2D eigenvalue weighted by Gasteiger charge is -2.11. The lowest BCUT2D eigenvalue weighted by Crippen LogP contribution is -2.15. The van der Waals surface area contributed by atoms with Gasteiger partial charge in [0.2, 0.25) is 0 Å². The number of ether oxygens (including phenoxy) is 2. The van der Waals surface area contributed by atoms with Gasteiger partial charge < -0.3 is 9.47 Å². The van der Waals surface area contributed by atoms with Gasteiger partial charge in [-0.2, -0.15) is 13.2 Å². The molecule has 0 amide bonds. The molecule has 19 heavy (non-hydrogen) atoms. The molecule has 1 aromatic rings. The molecule has 0 unspecified atom stereocenters. The van der Waals surface area contributed by atoms with Gasteiger partial charge in [0.15, 0.2) is 5.69 Å². The van der Waals surface area contributed by atoms with Crippen LogP contribution in [0.3, 0.4) is 0 Å². The lowest BCUT2D eigenvalue weighted by atomic mass is 10.2. The summed E-state index contributed by atoms with van der Waals surface area (Å²) in [6.07, 6.45) is -3.22. The molecule has 0 saturated heterocycles. The van der Waals surface area contributed by atoms with Crippen LogP contribution in [0, 0.1) is 0 Å². The third-order valence-corrected chi connectivity index (χ3v) is 2.52. The molecule has 0 fully saturated rings. The predicted molar refractivity (Wildman–Crippen MR) is 63.0 cm³/mol. The highest BCUT2D eigenvalue weighted by Gasteiger charge is 2.35. The first-order valence-corrected chi connectivity index (χ1v) is 6.07. The van der Waals surface area contributed by atoms with Gasteiger partial charge in [-0.25, -0.2) is 9.97 Å². The van der Waals surface area contributed by atoms with Crippen LogP contribution in [-0.4, -0.2) is 36.9 Å². The van der Waals surface area contributed by atoms with Crippen LogP contribution < -0.4 is 0 Å². The fraction of sp³-hybridized carbons (Fsp3) is 0.636. The maximum Gasteiger partial charge on any atom is 0.433 e. The van der Waals surface area contributed by atoms with Gasteiger partial charge in [-0.3, -0.25) is 0 Å². The molecule has 1 rings (SSSR count). The molecular weight excluding hydrogens is 285 g/mol. The summed E-state index contributed by atoms with van der Waals surface area (Å²) >= 11 is 5.43. The second-order valence-electron chi connectivity index (χ2n) is 3.65. The summed E-state index contributed by atoms with van der Waals surface area (Å²) in [5.74, 6) is -0.196. The second-order valence-corrected chi connectivity index (χ2v) is 3.91. The van der Waals surface area contributed by atoms with E-state index in [1.54, 1.807) is 0 Å². The molecule has 0 spiro atoms. The van der Waals surface area contributed by atoms with Crippen LogP contribution >= 0.6 is 11.6 Å². The zero-order valence-electron chi connectivity index (χ0n) is 10.3. The van der Waals surface area contributed by atoms with Gasteiger partial charge in [0.1, 0.15) is 5.82 Å². The Morgan fingerprint density at radius 3 is 2.58 bits per heavy atom. The molecule has 108 valence electrons. The van der Waals surface area contributed by atoms with E-state index in [-0.39, 0.29) is 30.3 Å². The largest absolute Gasteiger partial charge is 0.433 e. The maximum atomic E-state index is 12.7. The minimum absolute atomic E-state index is 0.0820. The number of alkyl halides is 4.